The zero-order valence-corrected chi connectivity index (χ0v) is 17.7. The maximum Gasteiger partial charge on any atom is 0.336 e. The lowest BCUT2D eigenvalue weighted by atomic mass is 10.2. The van der Waals surface area contributed by atoms with E-state index < -0.39 is 5.97 Å². The van der Waals surface area contributed by atoms with E-state index in [1.165, 1.54) is 13.2 Å². The molecule has 0 aliphatic heterocycles. The minimum Gasteiger partial charge on any atom is -0.508 e. The van der Waals surface area contributed by atoms with E-state index in [1.807, 2.05) is 12.1 Å². The molecule has 1 N–H and O–H groups in total. The average molecular weight is 438 g/mol. The minimum atomic E-state index is -0.596. The van der Waals surface area contributed by atoms with Crippen LogP contribution in [0.1, 0.15) is 11.1 Å². The average Bonchev–Trinajstić information content (AvgIpc) is 2.79. The Morgan fingerprint density at radius 1 is 0.968 bits per heavy atom. The second-order valence-electron chi connectivity index (χ2n) is 6.34. The first-order valence-electron chi connectivity index (χ1n) is 9.23. The van der Waals surface area contributed by atoms with Gasteiger partial charge in [-0.1, -0.05) is 23.7 Å². The van der Waals surface area contributed by atoms with E-state index in [9.17, 15) is 9.90 Å². The number of aliphatic imine (C=N–C) groups is 1. The summed E-state index contributed by atoms with van der Waals surface area (Å²) in [5.41, 5.74) is 2.13. The van der Waals surface area contributed by atoms with Crippen LogP contribution in [0.3, 0.4) is 0 Å². The molecule has 31 heavy (non-hydrogen) atoms. The van der Waals surface area contributed by atoms with Crippen LogP contribution in [0.15, 0.2) is 71.7 Å². The number of carbonyl (C=O) groups excluding carboxylic acids is 1. The fourth-order valence-corrected chi connectivity index (χ4v) is 2.87. The Morgan fingerprint density at radius 3 is 2.32 bits per heavy atom. The van der Waals surface area contributed by atoms with Crippen LogP contribution in [-0.4, -0.2) is 31.5 Å². The molecular weight excluding hydrogens is 418 g/mol. The summed E-state index contributed by atoms with van der Waals surface area (Å²) in [5.74, 6) is 0.712. The molecule has 0 saturated carbocycles. The predicted molar refractivity (Wildman–Crippen MR) is 121 cm³/mol. The Hall–Kier alpha value is -3.77. The summed E-state index contributed by atoms with van der Waals surface area (Å²) in [6.07, 6.45) is 4.52. The first-order chi connectivity index (χ1) is 15.0. The maximum absolute atomic E-state index is 12.3. The molecule has 0 heterocycles. The number of benzene rings is 3. The number of phenols is 1. The van der Waals surface area contributed by atoms with Crippen molar-refractivity contribution in [2.75, 3.05) is 14.2 Å². The number of hydrogen-bond donors (Lipinski definition) is 1. The lowest BCUT2D eigenvalue weighted by Crippen LogP contribution is -2.06. The van der Waals surface area contributed by atoms with E-state index in [0.29, 0.717) is 17.0 Å². The number of hydrogen-bond acceptors (Lipinski definition) is 6. The normalized spacial score (nSPS) is 11.1. The number of phenolic OH excluding ortho intramolecular Hbond substituents is 1. The van der Waals surface area contributed by atoms with E-state index >= 15 is 0 Å². The van der Waals surface area contributed by atoms with Crippen LogP contribution in [0.5, 0.6) is 23.0 Å². The molecule has 0 atom stereocenters. The van der Waals surface area contributed by atoms with Crippen molar-refractivity contribution in [2.45, 2.75) is 0 Å². The molecule has 0 aromatic heterocycles. The molecular formula is C24H20ClNO5. The number of esters is 1. The molecule has 0 aliphatic rings. The minimum absolute atomic E-state index is 0.121. The van der Waals surface area contributed by atoms with Crippen molar-refractivity contribution in [3.63, 3.8) is 0 Å². The Labute approximate surface area is 185 Å². The van der Waals surface area contributed by atoms with Gasteiger partial charge in [-0.2, -0.15) is 0 Å². The maximum atomic E-state index is 12.3. The van der Waals surface area contributed by atoms with Crippen LogP contribution in [0, 0.1) is 0 Å². The second kappa shape index (κ2) is 10.3. The second-order valence-corrected chi connectivity index (χ2v) is 6.74. The summed E-state index contributed by atoms with van der Waals surface area (Å²) >= 11 is 6.32. The Morgan fingerprint density at radius 2 is 1.68 bits per heavy atom. The number of methoxy groups -OCH3 is 2. The van der Waals surface area contributed by atoms with Crippen molar-refractivity contribution >= 4 is 35.5 Å². The van der Waals surface area contributed by atoms with Crippen molar-refractivity contribution in [3.05, 3.63) is 82.9 Å². The molecule has 158 valence electrons. The molecule has 0 saturated heterocycles. The Bertz CT molecular complexity index is 1110. The summed E-state index contributed by atoms with van der Waals surface area (Å²) in [7, 11) is 3.04. The summed E-state index contributed by atoms with van der Waals surface area (Å²) in [6, 6.07) is 16.9. The van der Waals surface area contributed by atoms with Crippen molar-refractivity contribution in [2.24, 2.45) is 4.99 Å². The fourth-order valence-electron chi connectivity index (χ4n) is 2.62. The quantitative estimate of drug-likeness (QED) is 0.231. The van der Waals surface area contributed by atoms with E-state index in [4.69, 9.17) is 25.8 Å². The topological polar surface area (TPSA) is 77.4 Å². The molecule has 3 aromatic rings. The monoisotopic (exact) mass is 437 g/mol. The molecule has 3 rings (SSSR count). The predicted octanol–water partition coefficient (Wildman–Crippen LogP) is 5.43. The zero-order chi connectivity index (χ0) is 22.2. The highest BCUT2D eigenvalue weighted by Crippen LogP contribution is 2.36. The van der Waals surface area contributed by atoms with Gasteiger partial charge < -0.3 is 19.3 Å². The first kappa shape index (κ1) is 21.9. The van der Waals surface area contributed by atoms with Gasteiger partial charge in [0.25, 0.3) is 0 Å². The number of aromatic hydroxyl groups is 1. The summed E-state index contributed by atoms with van der Waals surface area (Å²) in [4.78, 5) is 16.6. The van der Waals surface area contributed by atoms with Gasteiger partial charge in [-0.05, 0) is 65.7 Å². The molecule has 6 nitrogen and oxygen atoms in total. The van der Waals surface area contributed by atoms with Crippen molar-refractivity contribution in [1.82, 2.24) is 0 Å². The van der Waals surface area contributed by atoms with Crippen molar-refractivity contribution < 1.29 is 24.1 Å². The van der Waals surface area contributed by atoms with Gasteiger partial charge in [-0.15, -0.1) is 0 Å². The van der Waals surface area contributed by atoms with E-state index in [-0.39, 0.29) is 16.5 Å². The zero-order valence-electron chi connectivity index (χ0n) is 16.9. The Kier molecular flexibility index (Phi) is 7.30. The number of rotatable bonds is 7. The lowest BCUT2D eigenvalue weighted by molar-refractivity contribution is -0.129. The first-order valence-corrected chi connectivity index (χ1v) is 9.61. The number of carbonyl (C=O) groups is 1. The molecule has 0 spiro atoms. The van der Waals surface area contributed by atoms with E-state index in [2.05, 4.69) is 4.99 Å². The van der Waals surface area contributed by atoms with Gasteiger partial charge in [0.1, 0.15) is 11.5 Å². The molecule has 0 radical (unpaired) electrons. The number of ether oxygens (including phenoxy) is 3. The van der Waals surface area contributed by atoms with E-state index in [0.717, 1.165) is 11.3 Å². The third-order valence-electron chi connectivity index (χ3n) is 4.19. The molecule has 0 unspecified atom stereocenters. The number of nitrogens with zero attached hydrogens (tertiary/aromatic N) is 1. The highest BCUT2D eigenvalue weighted by atomic mass is 35.5. The van der Waals surface area contributed by atoms with Gasteiger partial charge in [0.05, 0.1) is 24.9 Å². The third kappa shape index (κ3) is 6.10. The fraction of sp³-hybridized carbons (Fsp3) is 0.0833. The van der Waals surface area contributed by atoms with Crippen LogP contribution >= 0.6 is 11.6 Å². The van der Waals surface area contributed by atoms with Gasteiger partial charge in [-0.25, -0.2) is 4.79 Å². The van der Waals surface area contributed by atoms with Crippen LogP contribution in [0.2, 0.25) is 5.02 Å². The van der Waals surface area contributed by atoms with Gasteiger partial charge in [-0.3, -0.25) is 4.99 Å². The van der Waals surface area contributed by atoms with E-state index in [1.54, 1.807) is 67.9 Å². The summed E-state index contributed by atoms with van der Waals surface area (Å²) < 4.78 is 15.8. The lowest BCUT2D eigenvalue weighted by Gasteiger charge is -2.11. The molecule has 0 bridgehead atoms. The molecule has 3 aromatic carbocycles. The molecule has 0 aliphatic carbocycles. The molecule has 0 amide bonds. The van der Waals surface area contributed by atoms with Gasteiger partial charge in [0, 0.05) is 12.3 Å². The summed E-state index contributed by atoms with van der Waals surface area (Å²) in [6.45, 7) is 0. The molecule has 0 fully saturated rings. The van der Waals surface area contributed by atoms with Gasteiger partial charge in [0.2, 0.25) is 0 Å². The molecule has 7 heteroatoms. The van der Waals surface area contributed by atoms with Gasteiger partial charge >= 0.3 is 5.97 Å². The smallest absolute Gasteiger partial charge is 0.336 e. The van der Waals surface area contributed by atoms with Crippen LogP contribution in [0.4, 0.5) is 5.69 Å². The van der Waals surface area contributed by atoms with Crippen LogP contribution in [-0.2, 0) is 4.79 Å². The largest absolute Gasteiger partial charge is 0.508 e. The number of halogens is 1. The summed E-state index contributed by atoms with van der Waals surface area (Å²) in [5, 5.41) is 9.54. The van der Waals surface area contributed by atoms with Crippen molar-refractivity contribution in [3.8, 4) is 23.0 Å². The highest BCUT2D eigenvalue weighted by Gasteiger charge is 2.14. The van der Waals surface area contributed by atoms with Crippen molar-refractivity contribution in [1.29, 1.82) is 0 Å². The standard InChI is InChI=1S/C24H20ClNO5/c1-29-20-10-3-16(4-11-20)5-12-23(28)31-24-21(25)13-17(14-22(24)30-2)15-26-18-6-8-19(27)9-7-18/h3-15,27H,1-2H3/b12-5?,26-15+. The highest BCUT2D eigenvalue weighted by molar-refractivity contribution is 6.32. The van der Waals surface area contributed by atoms with Crippen LogP contribution in [0.25, 0.3) is 6.08 Å². The SMILES string of the molecule is COc1ccc(C=CC(=O)Oc2c(Cl)cc(/C=N/c3ccc(O)cc3)cc2OC)cc1. The van der Waals surface area contributed by atoms with Crippen LogP contribution < -0.4 is 14.2 Å². The third-order valence-corrected chi connectivity index (χ3v) is 4.48. The van der Waals surface area contributed by atoms with Gasteiger partial charge in [0.15, 0.2) is 11.5 Å². The Balaban J connectivity index is 1.73.